The molecule has 0 aromatic heterocycles. The van der Waals surface area contributed by atoms with Crippen LogP contribution in [0.4, 0.5) is 0 Å². The summed E-state index contributed by atoms with van der Waals surface area (Å²) in [6.07, 6.45) is 8.19. The van der Waals surface area contributed by atoms with Gasteiger partial charge >= 0.3 is 0 Å². The first kappa shape index (κ1) is 14.0. The summed E-state index contributed by atoms with van der Waals surface area (Å²) in [5.41, 5.74) is 0. The minimum Gasteiger partial charge on any atom is -0.315 e. The van der Waals surface area contributed by atoms with Gasteiger partial charge in [-0.05, 0) is 46.2 Å². The fourth-order valence-corrected chi connectivity index (χ4v) is 3.19. The van der Waals surface area contributed by atoms with Gasteiger partial charge in [0.05, 0.1) is 0 Å². The van der Waals surface area contributed by atoms with Crippen molar-refractivity contribution in [1.29, 1.82) is 0 Å². The molecule has 1 aliphatic heterocycles. The molecule has 3 unspecified atom stereocenters. The van der Waals surface area contributed by atoms with Gasteiger partial charge in [0, 0.05) is 18.1 Å². The first-order valence-electron chi connectivity index (χ1n) is 7.17. The summed E-state index contributed by atoms with van der Waals surface area (Å²) in [6.45, 7) is 8.34. The molecule has 0 aliphatic carbocycles. The number of hydrogen-bond donors (Lipinski definition) is 1. The summed E-state index contributed by atoms with van der Waals surface area (Å²) in [4.78, 5) is 2.76. The van der Waals surface area contributed by atoms with Crippen molar-refractivity contribution >= 4 is 0 Å². The number of nitrogens with one attached hydrogen (secondary N) is 1. The lowest BCUT2D eigenvalue weighted by Crippen LogP contribution is -2.51. The lowest BCUT2D eigenvalue weighted by molar-refractivity contribution is 0.114. The molecule has 0 bridgehead atoms. The number of hydrogen-bond acceptors (Lipinski definition) is 2. The van der Waals surface area contributed by atoms with E-state index in [-0.39, 0.29) is 0 Å². The van der Waals surface area contributed by atoms with Crippen LogP contribution < -0.4 is 5.32 Å². The second-order valence-electron chi connectivity index (χ2n) is 5.19. The van der Waals surface area contributed by atoms with Gasteiger partial charge < -0.3 is 5.32 Å². The zero-order valence-corrected chi connectivity index (χ0v) is 11.6. The maximum Gasteiger partial charge on any atom is 0.0223 e. The van der Waals surface area contributed by atoms with Crippen LogP contribution >= 0.6 is 0 Å². The molecule has 96 valence electrons. The highest BCUT2D eigenvalue weighted by Crippen LogP contribution is 2.23. The number of rotatable bonds is 5. The van der Waals surface area contributed by atoms with Crippen molar-refractivity contribution in [2.24, 2.45) is 0 Å². The lowest BCUT2D eigenvalue weighted by atomic mass is 10.0. The molecule has 1 aliphatic rings. The van der Waals surface area contributed by atoms with Crippen LogP contribution in [-0.4, -0.2) is 36.6 Å². The fraction of sp³-hybridized carbons (Fsp3) is 1.00. The Labute approximate surface area is 102 Å². The Kier molecular flexibility index (Phi) is 6.37. The quantitative estimate of drug-likeness (QED) is 0.775. The molecule has 0 spiro atoms. The molecule has 2 heteroatoms. The summed E-state index contributed by atoms with van der Waals surface area (Å²) in [5, 5.41) is 3.47. The zero-order valence-electron chi connectivity index (χ0n) is 11.6. The monoisotopic (exact) mass is 226 g/mol. The Hall–Kier alpha value is -0.0800. The van der Waals surface area contributed by atoms with E-state index in [1.807, 2.05) is 0 Å². The molecule has 0 saturated carbocycles. The standard InChI is InChI=1S/C14H30N2/c1-5-13-10-8-7-9-11-16(13)12(3)14(6-2)15-4/h12-15H,5-11H2,1-4H3. The van der Waals surface area contributed by atoms with Crippen LogP contribution in [0.1, 0.15) is 59.3 Å². The van der Waals surface area contributed by atoms with Crippen molar-refractivity contribution < 1.29 is 0 Å². The minimum absolute atomic E-state index is 0.646. The zero-order chi connectivity index (χ0) is 12.0. The first-order chi connectivity index (χ1) is 7.74. The molecule has 0 amide bonds. The molecule has 0 aromatic rings. The molecule has 3 atom stereocenters. The third-order valence-electron chi connectivity index (χ3n) is 4.31. The van der Waals surface area contributed by atoms with Crippen molar-refractivity contribution in [2.45, 2.75) is 77.4 Å². The number of likely N-dealkylation sites (tertiary alicyclic amines) is 1. The normalized spacial score (nSPS) is 27.4. The van der Waals surface area contributed by atoms with Crippen LogP contribution in [0.15, 0.2) is 0 Å². The largest absolute Gasteiger partial charge is 0.315 e. The summed E-state index contributed by atoms with van der Waals surface area (Å²) < 4.78 is 0. The van der Waals surface area contributed by atoms with Crippen molar-refractivity contribution in [3.05, 3.63) is 0 Å². The predicted octanol–water partition coefficient (Wildman–Crippen LogP) is 3.03. The average molecular weight is 226 g/mol. The van der Waals surface area contributed by atoms with Crippen LogP contribution in [0.2, 0.25) is 0 Å². The van der Waals surface area contributed by atoms with Gasteiger partial charge in [-0.25, -0.2) is 0 Å². The van der Waals surface area contributed by atoms with Gasteiger partial charge in [-0.15, -0.1) is 0 Å². The molecule has 1 rings (SSSR count). The smallest absolute Gasteiger partial charge is 0.0223 e. The van der Waals surface area contributed by atoms with Gasteiger partial charge in [0.2, 0.25) is 0 Å². The Morgan fingerprint density at radius 1 is 1.25 bits per heavy atom. The van der Waals surface area contributed by atoms with E-state index in [4.69, 9.17) is 0 Å². The Bertz CT molecular complexity index is 178. The fourth-order valence-electron chi connectivity index (χ4n) is 3.19. The third kappa shape index (κ3) is 3.46. The van der Waals surface area contributed by atoms with E-state index in [2.05, 4.69) is 38.0 Å². The van der Waals surface area contributed by atoms with Gasteiger partial charge in [0.1, 0.15) is 0 Å². The van der Waals surface area contributed by atoms with E-state index in [1.54, 1.807) is 0 Å². The molecule has 1 saturated heterocycles. The van der Waals surface area contributed by atoms with Crippen LogP contribution in [0.25, 0.3) is 0 Å². The highest BCUT2D eigenvalue weighted by molar-refractivity contribution is 4.85. The maximum absolute atomic E-state index is 3.47. The molecule has 1 fully saturated rings. The summed E-state index contributed by atoms with van der Waals surface area (Å²) in [7, 11) is 2.10. The van der Waals surface area contributed by atoms with Crippen molar-refractivity contribution in [1.82, 2.24) is 10.2 Å². The van der Waals surface area contributed by atoms with E-state index < -0.39 is 0 Å². The van der Waals surface area contributed by atoms with Crippen LogP contribution in [-0.2, 0) is 0 Å². The van der Waals surface area contributed by atoms with Crippen LogP contribution in [0.3, 0.4) is 0 Å². The summed E-state index contributed by atoms with van der Waals surface area (Å²) in [5.74, 6) is 0. The van der Waals surface area contributed by atoms with Gasteiger partial charge in [-0.2, -0.15) is 0 Å². The Morgan fingerprint density at radius 2 is 2.00 bits per heavy atom. The van der Waals surface area contributed by atoms with E-state index >= 15 is 0 Å². The second kappa shape index (κ2) is 7.29. The van der Waals surface area contributed by atoms with Gasteiger partial charge in [0.15, 0.2) is 0 Å². The maximum atomic E-state index is 3.47. The predicted molar refractivity (Wildman–Crippen MR) is 71.9 cm³/mol. The molecule has 0 aromatic carbocycles. The van der Waals surface area contributed by atoms with E-state index in [0.29, 0.717) is 12.1 Å². The number of nitrogens with zero attached hydrogens (tertiary/aromatic N) is 1. The summed E-state index contributed by atoms with van der Waals surface area (Å²) in [6, 6.07) is 2.14. The molecule has 0 radical (unpaired) electrons. The van der Waals surface area contributed by atoms with E-state index in [9.17, 15) is 0 Å². The van der Waals surface area contributed by atoms with Gasteiger partial charge in [0.25, 0.3) is 0 Å². The third-order valence-corrected chi connectivity index (χ3v) is 4.31. The van der Waals surface area contributed by atoms with Crippen LogP contribution in [0.5, 0.6) is 0 Å². The lowest BCUT2D eigenvalue weighted by Gasteiger charge is -2.38. The van der Waals surface area contributed by atoms with Crippen molar-refractivity contribution in [3.63, 3.8) is 0 Å². The minimum atomic E-state index is 0.646. The Morgan fingerprint density at radius 3 is 2.56 bits per heavy atom. The van der Waals surface area contributed by atoms with Crippen molar-refractivity contribution in [2.75, 3.05) is 13.6 Å². The molecule has 1 N–H and O–H groups in total. The van der Waals surface area contributed by atoms with Gasteiger partial charge in [-0.1, -0.05) is 26.7 Å². The van der Waals surface area contributed by atoms with Crippen LogP contribution in [0, 0.1) is 0 Å². The molecular formula is C14H30N2. The second-order valence-corrected chi connectivity index (χ2v) is 5.19. The Balaban J connectivity index is 2.64. The van der Waals surface area contributed by atoms with E-state index in [0.717, 1.165) is 6.04 Å². The first-order valence-corrected chi connectivity index (χ1v) is 7.17. The SMILES string of the molecule is CCC(NC)C(C)N1CCCCCC1CC. The highest BCUT2D eigenvalue weighted by Gasteiger charge is 2.27. The summed E-state index contributed by atoms with van der Waals surface area (Å²) >= 11 is 0. The topological polar surface area (TPSA) is 15.3 Å². The molecular weight excluding hydrogens is 196 g/mol. The number of likely N-dealkylation sites (N-methyl/N-ethyl adjacent to an activating group) is 1. The average Bonchev–Trinajstić information content (AvgIpc) is 2.55. The molecule has 2 nitrogen and oxygen atoms in total. The molecule has 1 heterocycles. The van der Waals surface area contributed by atoms with Gasteiger partial charge in [-0.3, -0.25) is 4.90 Å². The highest BCUT2D eigenvalue weighted by atomic mass is 15.2. The molecule has 16 heavy (non-hydrogen) atoms. The van der Waals surface area contributed by atoms with Crippen molar-refractivity contribution in [3.8, 4) is 0 Å². The van der Waals surface area contributed by atoms with E-state index in [1.165, 1.54) is 45.1 Å².